The van der Waals surface area contributed by atoms with Crippen molar-refractivity contribution in [2.24, 2.45) is 0 Å². The maximum atomic E-state index is 9.82. The number of nitrogens with zero attached hydrogens (tertiary/aromatic N) is 3. The standard InChI is InChI=1S/C15H22N4O2/c1-12-8-21-11-15(10-20,19(12)2)9-17-14-5-3-4-13(18-14)6-7-16/h3-5,12,20H,6,8-11H2,1-2H3,(H,17,18)/t12-,15+/m1/s1. The van der Waals surface area contributed by atoms with Gasteiger partial charge in [-0.15, -0.1) is 0 Å². The van der Waals surface area contributed by atoms with Crippen LogP contribution in [0, 0.1) is 11.3 Å². The normalized spacial score (nSPS) is 26.3. The first-order valence-electron chi connectivity index (χ1n) is 7.09. The van der Waals surface area contributed by atoms with E-state index in [0.717, 1.165) is 5.69 Å². The molecule has 0 aromatic carbocycles. The molecule has 114 valence electrons. The summed E-state index contributed by atoms with van der Waals surface area (Å²) in [6.45, 7) is 3.78. The van der Waals surface area contributed by atoms with Crippen molar-refractivity contribution >= 4 is 5.82 Å². The van der Waals surface area contributed by atoms with Gasteiger partial charge in [-0.25, -0.2) is 4.98 Å². The largest absolute Gasteiger partial charge is 0.394 e. The number of likely N-dealkylation sites (N-methyl/N-ethyl adjacent to an activating group) is 1. The van der Waals surface area contributed by atoms with Crippen LogP contribution in [-0.4, -0.2) is 60.0 Å². The Morgan fingerprint density at radius 1 is 1.62 bits per heavy atom. The first-order chi connectivity index (χ1) is 10.1. The van der Waals surface area contributed by atoms with Crippen LogP contribution in [-0.2, 0) is 11.2 Å². The van der Waals surface area contributed by atoms with Crippen molar-refractivity contribution in [3.63, 3.8) is 0 Å². The highest BCUT2D eigenvalue weighted by atomic mass is 16.5. The third-order valence-electron chi connectivity index (χ3n) is 4.10. The number of nitrogens with one attached hydrogen (secondary N) is 1. The lowest BCUT2D eigenvalue weighted by atomic mass is 9.96. The summed E-state index contributed by atoms with van der Waals surface area (Å²) in [5.41, 5.74) is 0.284. The van der Waals surface area contributed by atoms with Crippen molar-refractivity contribution < 1.29 is 9.84 Å². The van der Waals surface area contributed by atoms with Gasteiger partial charge in [0.25, 0.3) is 0 Å². The molecular formula is C15H22N4O2. The fourth-order valence-electron chi connectivity index (χ4n) is 2.50. The molecule has 2 N–H and O–H groups in total. The lowest BCUT2D eigenvalue weighted by molar-refractivity contribution is -0.101. The first kappa shape index (κ1) is 15.7. The molecule has 6 heteroatoms. The molecule has 0 spiro atoms. The molecule has 1 aromatic heterocycles. The average Bonchev–Trinajstić information content (AvgIpc) is 2.50. The molecule has 2 rings (SSSR count). The zero-order valence-electron chi connectivity index (χ0n) is 12.5. The monoisotopic (exact) mass is 290 g/mol. The number of aliphatic hydroxyl groups is 1. The number of ether oxygens (including phenoxy) is 1. The molecule has 1 fully saturated rings. The molecule has 0 unspecified atom stereocenters. The number of hydrogen-bond acceptors (Lipinski definition) is 6. The number of nitriles is 1. The van der Waals surface area contributed by atoms with Gasteiger partial charge in [0.1, 0.15) is 5.82 Å². The molecule has 2 heterocycles. The van der Waals surface area contributed by atoms with Crippen molar-refractivity contribution in [3.8, 4) is 6.07 Å². The summed E-state index contributed by atoms with van der Waals surface area (Å²) in [7, 11) is 2.00. The van der Waals surface area contributed by atoms with Crippen molar-refractivity contribution in [2.45, 2.75) is 24.9 Å². The summed E-state index contributed by atoms with van der Waals surface area (Å²) in [6.07, 6.45) is 0.292. The van der Waals surface area contributed by atoms with E-state index >= 15 is 0 Å². The molecule has 0 amide bonds. The third kappa shape index (κ3) is 3.50. The lowest BCUT2D eigenvalue weighted by Gasteiger charge is -2.47. The molecule has 0 aliphatic carbocycles. The van der Waals surface area contributed by atoms with Gasteiger partial charge in [-0.3, -0.25) is 4.90 Å². The predicted molar refractivity (Wildman–Crippen MR) is 79.9 cm³/mol. The number of aromatic nitrogens is 1. The zero-order valence-corrected chi connectivity index (χ0v) is 12.5. The van der Waals surface area contributed by atoms with Gasteiger partial charge in [0.2, 0.25) is 0 Å². The van der Waals surface area contributed by atoms with Crippen LogP contribution < -0.4 is 5.32 Å². The Hall–Kier alpha value is -1.68. The second-order valence-electron chi connectivity index (χ2n) is 5.56. The van der Waals surface area contributed by atoms with Crippen LogP contribution in [0.1, 0.15) is 12.6 Å². The van der Waals surface area contributed by atoms with Crippen LogP contribution >= 0.6 is 0 Å². The van der Waals surface area contributed by atoms with Crippen molar-refractivity contribution in [3.05, 3.63) is 23.9 Å². The van der Waals surface area contributed by atoms with Gasteiger partial charge in [0.15, 0.2) is 0 Å². The zero-order chi connectivity index (χ0) is 15.3. The number of aliphatic hydroxyl groups excluding tert-OH is 1. The SMILES string of the molecule is C[C@@H]1COC[C@@](CO)(CNc2cccc(CC#N)n2)N1C. The molecule has 6 nitrogen and oxygen atoms in total. The summed E-state index contributed by atoms with van der Waals surface area (Å²) >= 11 is 0. The molecule has 1 aliphatic heterocycles. The van der Waals surface area contributed by atoms with Gasteiger partial charge in [0.05, 0.1) is 43.5 Å². The molecule has 2 atom stereocenters. The molecule has 0 saturated carbocycles. The van der Waals surface area contributed by atoms with Gasteiger partial charge in [-0.2, -0.15) is 5.26 Å². The Morgan fingerprint density at radius 3 is 3.14 bits per heavy atom. The van der Waals surface area contributed by atoms with Crippen LogP contribution in [0.2, 0.25) is 0 Å². The van der Waals surface area contributed by atoms with Crippen LogP contribution in [0.5, 0.6) is 0 Å². The third-order valence-corrected chi connectivity index (χ3v) is 4.10. The Balaban J connectivity index is 2.06. The van der Waals surface area contributed by atoms with E-state index in [1.807, 2.05) is 25.2 Å². The molecule has 0 radical (unpaired) electrons. The van der Waals surface area contributed by atoms with Crippen LogP contribution in [0.15, 0.2) is 18.2 Å². The number of rotatable bonds is 5. The molecule has 21 heavy (non-hydrogen) atoms. The van der Waals surface area contributed by atoms with Gasteiger partial charge in [-0.1, -0.05) is 6.07 Å². The molecule has 1 saturated heterocycles. The van der Waals surface area contributed by atoms with Crippen LogP contribution in [0.4, 0.5) is 5.82 Å². The van der Waals surface area contributed by atoms with Gasteiger partial charge >= 0.3 is 0 Å². The minimum Gasteiger partial charge on any atom is -0.394 e. The van der Waals surface area contributed by atoms with Crippen molar-refractivity contribution in [2.75, 3.05) is 38.7 Å². The maximum absolute atomic E-state index is 9.82. The predicted octanol–water partition coefficient (Wildman–Crippen LogP) is 0.641. The van der Waals surface area contributed by atoms with Gasteiger partial charge < -0.3 is 15.2 Å². The van der Waals surface area contributed by atoms with E-state index in [-0.39, 0.29) is 12.6 Å². The number of anilines is 1. The topological polar surface area (TPSA) is 81.4 Å². The molecule has 1 aliphatic rings. The van der Waals surface area contributed by atoms with Crippen molar-refractivity contribution in [1.82, 2.24) is 9.88 Å². The molecule has 1 aromatic rings. The second-order valence-corrected chi connectivity index (χ2v) is 5.56. The highest BCUT2D eigenvalue weighted by Gasteiger charge is 2.40. The summed E-state index contributed by atoms with van der Waals surface area (Å²) in [5.74, 6) is 0.710. The summed E-state index contributed by atoms with van der Waals surface area (Å²) in [5, 5.41) is 21.8. The summed E-state index contributed by atoms with van der Waals surface area (Å²) < 4.78 is 5.60. The number of morpholine rings is 1. The van der Waals surface area contributed by atoms with E-state index in [0.29, 0.717) is 32.0 Å². The van der Waals surface area contributed by atoms with Gasteiger partial charge in [-0.05, 0) is 26.1 Å². The van der Waals surface area contributed by atoms with E-state index in [9.17, 15) is 5.11 Å². The quantitative estimate of drug-likeness (QED) is 0.828. The highest BCUT2D eigenvalue weighted by Crippen LogP contribution is 2.22. The number of pyridine rings is 1. The Labute approximate surface area is 125 Å². The van der Waals surface area contributed by atoms with E-state index in [1.165, 1.54) is 0 Å². The Kier molecular flexibility index (Phi) is 5.12. The first-order valence-corrected chi connectivity index (χ1v) is 7.09. The summed E-state index contributed by atoms with van der Waals surface area (Å²) in [4.78, 5) is 6.54. The minimum absolute atomic E-state index is 0.0126. The number of hydrogen-bond donors (Lipinski definition) is 2. The smallest absolute Gasteiger partial charge is 0.126 e. The lowest BCUT2D eigenvalue weighted by Crippen LogP contribution is -2.64. The van der Waals surface area contributed by atoms with Crippen molar-refractivity contribution in [1.29, 1.82) is 5.26 Å². The fraction of sp³-hybridized carbons (Fsp3) is 0.600. The fourth-order valence-corrected chi connectivity index (χ4v) is 2.50. The second kappa shape index (κ2) is 6.85. The molecular weight excluding hydrogens is 268 g/mol. The van der Waals surface area contributed by atoms with E-state index < -0.39 is 5.54 Å². The van der Waals surface area contributed by atoms with Crippen LogP contribution in [0.25, 0.3) is 0 Å². The Morgan fingerprint density at radius 2 is 2.43 bits per heavy atom. The summed E-state index contributed by atoms with van der Waals surface area (Å²) in [6, 6.07) is 7.90. The van der Waals surface area contributed by atoms with E-state index in [2.05, 4.69) is 28.2 Å². The van der Waals surface area contributed by atoms with Crippen LogP contribution in [0.3, 0.4) is 0 Å². The van der Waals surface area contributed by atoms with Gasteiger partial charge in [0, 0.05) is 12.6 Å². The Bertz CT molecular complexity index is 517. The average molecular weight is 290 g/mol. The van der Waals surface area contributed by atoms with E-state index in [1.54, 1.807) is 0 Å². The minimum atomic E-state index is -0.454. The molecule has 0 bridgehead atoms. The highest BCUT2D eigenvalue weighted by molar-refractivity contribution is 5.36. The van der Waals surface area contributed by atoms with E-state index in [4.69, 9.17) is 10.00 Å². The maximum Gasteiger partial charge on any atom is 0.126 e.